The van der Waals surface area contributed by atoms with Crippen molar-refractivity contribution in [3.8, 4) is 0 Å². The van der Waals surface area contributed by atoms with Gasteiger partial charge in [0.05, 0.1) is 6.54 Å². The first-order chi connectivity index (χ1) is 7.49. The van der Waals surface area contributed by atoms with Crippen molar-refractivity contribution < 1.29 is 14.7 Å². The molecule has 1 aromatic heterocycles. The molecule has 0 spiro atoms. The summed E-state index contributed by atoms with van der Waals surface area (Å²) >= 11 is 0. The summed E-state index contributed by atoms with van der Waals surface area (Å²) in [7, 11) is 3.55. The highest BCUT2D eigenvalue weighted by Crippen LogP contribution is 2.07. The van der Waals surface area contributed by atoms with Gasteiger partial charge in [0.1, 0.15) is 5.69 Å². The second-order valence-electron chi connectivity index (χ2n) is 3.52. The van der Waals surface area contributed by atoms with Crippen LogP contribution in [0.1, 0.15) is 10.5 Å². The van der Waals surface area contributed by atoms with Gasteiger partial charge in [0.25, 0.3) is 0 Å². The van der Waals surface area contributed by atoms with Crippen molar-refractivity contribution in [2.24, 2.45) is 0 Å². The van der Waals surface area contributed by atoms with Crippen molar-refractivity contribution in [3.05, 3.63) is 24.0 Å². The number of likely N-dealkylation sites (N-methyl/N-ethyl adjacent to an activating group) is 1. The summed E-state index contributed by atoms with van der Waals surface area (Å²) < 4.78 is 0. The van der Waals surface area contributed by atoms with Crippen LogP contribution in [0.15, 0.2) is 18.3 Å². The maximum absolute atomic E-state index is 11.4. The van der Waals surface area contributed by atoms with E-state index in [1.807, 2.05) is 0 Å². The van der Waals surface area contributed by atoms with Gasteiger partial charge in [0.15, 0.2) is 0 Å². The third-order valence-corrected chi connectivity index (χ3v) is 1.72. The number of aromatic nitrogens is 1. The maximum Gasteiger partial charge on any atom is 0.354 e. The zero-order chi connectivity index (χ0) is 12.1. The largest absolute Gasteiger partial charge is 0.477 e. The summed E-state index contributed by atoms with van der Waals surface area (Å²) in [5.41, 5.74) is 0.335. The maximum atomic E-state index is 11.4. The minimum atomic E-state index is -1.12. The number of amides is 1. The van der Waals surface area contributed by atoms with Crippen LogP contribution in [-0.4, -0.2) is 47.5 Å². The summed E-state index contributed by atoms with van der Waals surface area (Å²) in [5, 5.41) is 11.3. The van der Waals surface area contributed by atoms with Crippen molar-refractivity contribution in [2.45, 2.75) is 0 Å². The number of anilines is 1. The summed E-state index contributed by atoms with van der Waals surface area (Å²) in [6.07, 6.45) is 1.34. The minimum Gasteiger partial charge on any atom is -0.477 e. The topological polar surface area (TPSA) is 82.5 Å². The van der Waals surface area contributed by atoms with Gasteiger partial charge in [0.2, 0.25) is 5.91 Å². The average Bonchev–Trinajstić information content (AvgIpc) is 2.16. The van der Waals surface area contributed by atoms with E-state index in [1.165, 1.54) is 12.3 Å². The van der Waals surface area contributed by atoms with Crippen LogP contribution in [-0.2, 0) is 4.79 Å². The highest BCUT2D eigenvalue weighted by molar-refractivity contribution is 5.93. The van der Waals surface area contributed by atoms with Crippen LogP contribution < -0.4 is 5.32 Å². The molecular weight excluding hydrogens is 210 g/mol. The van der Waals surface area contributed by atoms with E-state index >= 15 is 0 Å². The van der Waals surface area contributed by atoms with Crippen LogP contribution in [0.25, 0.3) is 0 Å². The Morgan fingerprint density at radius 1 is 1.50 bits per heavy atom. The molecule has 0 saturated heterocycles. The third-order valence-electron chi connectivity index (χ3n) is 1.72. The number of hydrogen-bond donors (Lipinski definition) is 2. The molecule has 6 heteroatoms. The highest BCUT2D eigenvalue weighted by Gasteiger charge is 2.07. The molecule has 0 atom stereocenters. The first-order valence-corrected chi connectivity index (χ1v) is 4.63. The number of nitrogens with one attached hydrogen (secondary N) is 1. The van der Waals surface area contributed by atoms with Crippen molar-refractivity contribution in [3.63, 3.8) is 0 Å². The van der Waals surface area contributed by atoms with Gasteiger partial charge < -0.3 is 15.3 Å². The third kappa shape index (κ3) is 3.66. The Bertz CT molecular complexity index is 404. The molecular formula is C10H13N3O3. The predicted octanol–water partition coefficient (Wildman–Crippen LogP) is 0.280. The van der Waals surface area contributed by atoms with E-state index in [9.17, 15) is 9.59 Å². The summed E-state index contributed by atoms with van der Waals surface area (Å²) in [6.45, 7) is 0.241. The SMILES string of the molecule is CN(C)CC(=O)Nc1ccnc(C(=O)O)c1. The fraction of sp³-hybridized carbons (Fsp3) is 0.300. The van der Waals surface area contributed by atoms with Crippen LogP contribution in [0.4, 0.5) is 5.69 Å². The Hall–Kier alpha value is -1.95. The van der Waals surface area contributed by atoms with Gasteiger partial charge in [-0.3, -0.25) is 4.79 Å². The van der Waals surface area contributed by atoms with E-state index in [0.717, 1.165) is 0 Å². The van der Waals surface area contributed by atoms with Gasteiger partial charge in [-0.2, -0.15) is 0 Å². The molecule has 0 aromatic carbocycles. The number of nitrogens with zero attached hydrogens (tertiary/aromatic N) is 2. The van der Waals surface area contributed by atoms with E-state index in [4.69, 9.17) is 5.11 Å². The lowest BCUT2D eigenvalue weighted by atomic mass is 10.3. The van der Waals surface area contributed by atoms with E-state index in [2.05, 4.69) is 10.3 Å². The molecule has 0 fully saturated rings. The quantitative estimate of drug-likeness (QED) is 0.766. The number of hydrogen-bond acceptors (Lipinski definition) is 4. The van der Waals surface area contributed by atoms with Gasteiger partial charge in [-0.05, 0) is 26.2 Å². The lowest BCUT2D eigenvalue weighted by molar-refractivity contribution is -0.116. The molecule has 0 unspecified atom stereocenters. The van der Waals surface area contributed by atoms with E-state index in [1.54, 1.807) is 25.1 Å². The highest BCUT2D eigenvalue weighted by atomic mass is 16.4. The lowest BCUT2D eigenvalue weighted by Crippen LogP contribution is -2.27. The second kappa shape index (κ2) is 5.22. The number of pyridine rings is 1. The molecule has 86 valence electrons. The standard InChI is InChI=1S/C10H13N3O3/c1-13(2)6-9(14)12-7-3-4-11-8(5-7)10(15)16/h3-5H,6H2,1-2H3,(H,15,16)(H,11,12,14). The van der Waals surface area contributed by atoms with Crippen LogP contribution in [0.5, 0.6) is 0 Å². The van der Waals surface area contributed by atoms with Crippen molar-refractivity contribution in [2.75, 3.05) is 26.0 Å². The minimum absolute atomic E-state index is 0.0948. The van der Waals surface area contributed by atoms with Crippen molar-refractivity contribution in [1.29, 1.82) is 0 Å². The Morgan fingerprint density at radius 2 is 2.19 bits per heavy atom. The number of aromatic carboxylic acids is 1. The molecule has 1 rings (SSSR count). The van der Waals surface area contributed by atoms with Gasteiger partial charge in [-0.25, -0.2) is 9.78 Å². The first-order valence-electron chi connectivity index (χ1n) is 4.63. The van der Waals surface area contributed by atoms with Crippen LogP contribution in [0.3, 0.4) is 0 Å². The van der Waals surface area contributed by atoms with Gasteiger partial charge in [0, 0.05) is 11.9 Å². The summed E-state index contributed by atoms with van der Waals surface area (Å²) in [5.74, 6) is -1.32. The molecule has 1 aromatic rings. The molecule has 0 bridgehead atoms. The number of carbonyl (C=O) groups is 2. The van der Waals surface area contributed by atoms with E-state index in [-0.39, 0.29) is 18.1 Å². The molecule has 0 aliphatic rings. The van der Waals surface area contributed by atoms with Crippen LogP contribution in [0.2, 0.25) is 0 Å². The Kier molecular flexibility index (Phi) is 3.96. The molecule has 0 aliphatic heterocycles. The number of carboxylic acid groups (broad SMARTS) is 1. The molecule has 1 amide bonds. The van der Waals surface area contributed by atoms with E-state index < -0.39 is 5.97 Å². The number of carboxylic acids is 1. The normalized spacial score (nSPS) is 10.2. The molecule has 0 aliphatic carbocycles. The van der Waals surface area contributed by atoms with Gasteiger partial charge in [-0.1, -0.05) is 0 Å². The molecule has 6 nitrogen and oxygen atoms in total. The van der Waals surface area contributed by atoms with Crippen LogP contribution >= 0.6 is 0 Å². The first kappa shape index (κ1) is 12.1. The fourth-order valence-electron chi connectivity index (χ4n) is 1.11. The monoisotopic (exact) mass is 223 g/mol. The van der Waals surface area contributed by atoms with Gasteiger partial charge in [-0.15, -0.1) is 0 Å². The Morgan fingerprint density at radius 3 is 2.75 bits per heavy atom. The number of carbonyl (C=O) groups excluding carboxylic acids is 1. The lowest BCUT2D eigenvalue weighted by Gasteiger charge is -2.10. The smallest absolute Gasteiger partial charge is 0.354 e. The summed E-state index contributed by atoms with van der Waals surface area (Å²) in [6, 6.07) is 2.86. The average molecular weight is 223 g/mol. The summed E-state index contributed by atoms with van der Waals surface area (Å²) in [4.78, 5) is 27.4. The fourth-order valence-corrected chi connectivity index (χ4v) is 1.11. The van der Waals surface area contributed by atoms with Crippen molar-refractivity contribution >= 4 is 17.6 Å². The van der Waals surface area contributed by atoms with Gasteiger partial charge >= 0.3 is 5.97 Å². The van der Waals surface area contributed by atoms with E-state index in [0.29, 0.717) is 5.69 Å². The second-order valence-corrected chi connectivity index (χ2v) is 3.52. The molecule has 0 radical (unpaired) electrons. The van der Waals surface area contributed by atoms with Crippen LogP contribution in [0, 0.1) is 0 Å². The predicted molar refractivity (Wildman–Crippen MR) is 58.4 cm³/mol. The number of rotatable bonds is 4. The molecule has 2 N–H and O–H groups in total. The molecule has 1 heterocycles. The Balaban J connectivity index is 2.70. The Labute approximate surface area is 92.9 Å². The zero-order valence-electron chi connectivity index (χ0n) is 9.10. The molecule has 16 heavy (non-hydrogen) atoms. The molecule has 0 saturated carbocycles. The van der Waals surface area contributed by atoms with Crippen molar-refractivity contribution in [1.82, 2.24) is 9.88 Å². The zero-order valence-corrected chi connectivity index (χ0v) is 9.10.